The van der Waals surface area contributed by atoms with E-state index in [-0.39, 0.29) is 27.9 Å². The lowest BCUT2D eigenvalue weighted by Crippen LogP contribution is -2.13. The van der Waals surface area contributed by atoms with E-state index in [1.54, 1.807) is 19.1 Å². The van der Waals surface area contributed by atoms with Gasteiger partial charge >= 0.3 is 17.5 Å². The summed E-state index contributed by atoms with van der Waals surface area (Å²) in [5.41, 5.74) is 3.41. The third-order valence-corrected chi connectivity index (χ3v) is 6.01. The third-order valence-electron chi connectivity index (χ3n) is 5.33. The number of hydrogen-bond acceptors (Lipinski definition) is 7. The quantitative estimate of drug-likeness (QED) is 0.347. The molecule has 0 saturated carbocycles. The standard InChI is InChI=1S/C25H19Cl2N3O3.O2S/c1-3-33-25(32)23-22(27)21(18(26)13-29-23)24(31)20-11-17-14(2)9-15(12-28)10-19(17)30(20)16-7-5-4-6-8-16;1-3-2/h4-11,13,24,31H,3H2,1-2H3;. The van der Waals surface area contributed by atoms with Gasteiger partial charge in [-0.2, -0.15) is 13.7 Å². The van der Waals surface area contributed by atoms with Crippen LogP contribution in [0.3, 0.4) is 0 Å². The van der Waals surface area contributed by atoms with Gasteiger partial charge in [0.15, 0.2) is 5.69 Å². The fourth-order valence-corrected chi connectivity index (χ4v) is 4.48. The second kappa shape index (κ2) is 11.9. The molecule has 4 rings (SSSR count). The molecule has 1 unspecified atom stereocenters. The molecule has 4 aromatic rings. The highest BCUT2D eigenvalue weighted by Crippen LogP contribution is 2.39. The maximum absolute atomic E-state index is 12.3. The number of nitrogens with zero attached hydrogens (tertiary/aromatic N) is 3. The predicted octanol–water partition coefficient (Wildman–Crippen LogP) is 5.10. The number of nitriles is 1. The van der Waals surface area contributed by atoms with Crippen molar-refractivity contribution in [2.75, 3.05) is 6.61 Å². The number of carbonyl (C=O) groups is 1. The van der Waals surface area contributed by atoms with E-state index in [2.05, 4.69) is 11.1 Å². The smallest absolute Gasteiger partial charge is 0.358 e. The molecule has 2 aromatic heterocycles. The Bertz CT molecular complexity index is 1510. The first-order chi connectivity index (χ1) is 17.3. The van der Waals surface area contributed by atoms with Gasteiger partial charge in [0, 0.05) is 22.8 Å². The van der Waals surface area contributed by atoms with Gasteiger partial charge in [0.1, 0.15) is 6.10 Å². The lowest BCUT2D eigenvalue weighted by atomic mass is 10.0. The zero-order valence-corrected chi connectivity index (χ0v) is 21.4. The Hall–Kier alpha value is -3.55. The summed E-state index contributed by atoms with van der Waals surface area (Å²) in [7, 11) is 0. The van der Waals surface area contributed by atoms with Crippen LogP contribution in [0.25, 0.3) is 16.6 Å². The first kappa shape index (κ1) is 27.0. The summed E-state index contributed by atoms with van der Waals surface area (Å²) in [5.74, 6) is -0.703. The van der Waals surface area contributed by atoms with E-state index in [0.29, 0.717) is 11.3 Å². The zero-order valence-electron chi connectivity index (χ0n) is 19.1. The first-order valence-corrected chi connectivity index (χ1v) is 11.9. The number of fused-ring (bicyclic) bond motifs is 1. The molecule has 0 bridgehead atoms. The minimum Gasteiger partial charge on any atom is -0.461 e. The highest BCUT2D eigenvalue weighted by molar-refractivity contribution is 7.51. The maximum Gasteiger partial charge on any atom is 0.358 e. The molecule has 0 radical (unpaired) electrons. The van der Waals surface area contributed by atoms with E-state index in [9.17, 15) is 15.2 Å². The lowest BCUT2D eigenvalue weighted by Gasteiger charge is -2.19. The summed E-state index contributed by atoms with van der Waals surface area (Å²) in [5, 5.41) is 21.9. The highest BCUT2D eigenvalue weighted by Gasteiger charge is 2.28. The molecule has 0 aliphatic carbocycles. The number of hydrogen-bond donors (Lipinski definition) is 1. The van der Waals surface area contributed by atoms with Crippen LogP contribution in [0.15, 0.2) is 54.7 Å². The summed E-state index contributed by atoms with van der Waals surface area (Å²) in [6.07, 6.45) is -0.0222. The van der Waals surface area contributed by atoms with E-state index in [4.69, 9.17) is 36.4 Å². The van der Waals surface area contributed by atoms with Crippen LogP contribution >= 0.6 is 23.2 Å². The SMILES string of the molecule is CCOC(=O)c1ncc(Cl)c(C(O)c2cc3c(C)cc(C#N)cc3n2-c2ccccc2)c1Cl.O=S=O. The van der Waals surface area contributed by atoms with E-state index < -0.39 is 23.6 Å². The first-order valence-electron chi connectivity index (χ1n) is 10.5. The largest absolute Gasteiger partial charge is 0.461 e. The number of ether oxygens (including phenoxy) is 1. The molecule has 0 aliphatic rings. The van der Waals surface area contributed by atoms with Crippen molar-refractivity contribution in [2.45, 2.75) is 20.0 Å². The summed E-state index contributed by atoms with van der Waals surface area (Å²) >= 11 is 12.1. The van der Waals surface area contributed by atoms with Crippen LogP contribution in [-0.4, -0.2) is 35.7 Å². The third kappa shape index (κ3) is 5.32. The number of aliphatic hydroxyl groups is 1. The Balaban J connectivity index is 0.00000115. The molecule has 8 nitrogen and oxygen atoms in total. The van der Waals surface area contributed by atoms with Crippen molar-refractivity contribution < 1.29 is 23.1 Å². The van der Waals surface area contributed by atoms with Crippen LogP contribution in [0.4, 0.5) is 0 Å². The molecule has 1 N–H and O–H groups in total. The van der Waals surface area contributed by atoms with E-state index in [1.807, 2.05) is 47.9 Å². The van der Waals surface area contributed by atoms with Crippen molar-refractivity contribution in [1.29, 1.82) is 5.26 Å². The number of pyridine rings is 1. The van der Waals surface area contributed by atoms with Gasteiger partial charge in [-0.15, -0.1) is 0 Å². The monoisotopic (exact) mass is 543 g/mol. The Kier molecular flexibility index (Phi) is 8.96. The van der Waals surface area contributed by atoms with Gasteiger partial charge in [-0.3, -0.25) is 0 Å². The summed E-state index contributed by atoms with van der Waals surface area (Å²) in [4.78, 5) is 16.3. The average Bonchev–Trinajstić information content (AvgIpc) is 3.25. The number of aliphatic hydroxyl groups excluding tert-OH is 1. The molecule has 11 heteroatoms. The van der Waals surface area contributed by atoms with Crippen LogP contribution in [0.5, 0.6) is 0 Å². The molecular formula is C25H19Cl2N3O5S. The summed E-state index contributed by atoms with van der Waals surface area (Å²) in [6, 6.07) is 17.0. The summed E-state index contributed by atoms with van der Waals surface area (Å²) in [6.45, 7) is 3.73. The number of aromatic nitrogens is 2. The zero-order chi connectivity index (χ0) is 26.4. The van der Waals surface area contributed by atoms with Gasteiger partial charge < -0.3 is 14.4 Å². The van der Waals surface area contributed by atoms with Crippen LogP contribution in [0, 0.1) is 18.3 Å². The minimum absolute atomic E-state index is 0.0762. The number of rotatable bonds is 5. The van der Waals surface area contributed by atoms with Crippen molar-refractivity contribution >= 4 is 51.6 Å². The van der Waals surface area contributed by atoms with Crippen LogP contribution in [0.2, 0.25) is 10.0 Å². The van der Waals surface area contributed by atoms with Crippen molar-refractivity contribution in [2.24, 2.45) is 0 Å². The minimum atomic E-state index is -1.29. The number of halogens is 2. The van der Waals surface area contributed by atoms with Gasteiger partial charge in [-0.05, 0) is 49.7 Å². The molecule has 36 heavy (non-hydrogen) atoms. The van der Waals surface area contributed by atoms with Crippen LogP contribution in [-0.2, 0) is 16.3 Å². The van der Waals surface area contributed by atoms with Gasteiger partial charge in [0.2, 0.25) is 0 Å². The second-order valence-electron chi connectivity index (χ2n) is 7.45. The van der Waals surface area contributed by atoms with Gasteiger partial charge in [-0.25, -0.2) is 9.78 Å². The molecule has 0 fully saturated rings. The summed E-state index contributed by atoms with van der Waals surface area (Å²) < 4.78 is 23.5. The molecule has 1 atom stereocenters. The molecule has 0 spiro atoms. The van der Waals surface area contributed by atoms with Crippen molar-refractivity contribution in [1.82, 2.24) is 9.55 Å². The number of para-hydroxylation sites is 1. The fourth-order valence-electron chi connectivity index (χ4n) is 3.86. The highest BCUT2D eigenvalue weighted by atomic mass is 35.5. The number of benzene rings is 2. The van der Waals surface area contributed by atoms with Crippen molar-refractivity contribution in [3.8, 4) is 11.8 Å². The Morgan fingerprint density at radius 3 is 2.50 bits per heavy atom. The van der Waals surface area contributed by atoms with Crippen molar-refractivity contribution in [3.63, 3.8) is 0 Å². The number of aryl methyl sites for hydroxylation is 1. The number of carbonyl (C=O) groups excluding carboxylic acids is 1. The van der Waals surface area contributed by atoms with Gasteiger partial charge in [-0.1, -0.05) is 41.4 Å². The Morgan fingerprint density at radius 1 is 1.22 bits per heavy atom. The molecular weight excluding hydrogens is 525 g/mol. The maximum atomic E-state index is 12.3. The molecule has 0 amide bonds. The van der Waals surface area contributed by atoms with Crippen LogP contribution < -0.4 is 0 Å². The Labute approximate surface area is 220 Å². The molecule has 2 heterocycles. The molecule has 184 valence electrons. The number of esters is 1. The second-order valence-corrected chi connectivity index (χ2v) is 8.37. The van der Waals surface area contributed by atoms with E-state index in [0.717, 1.165) is 22.2 Å². The molecule has 0 aliphatic heterocycles. The predicted molar refractivity (Wildman–Crippen MR) is 136 cm³/mol. The fraction of sp³-hybridized carbons (Fsp3) is 0.160. The Morgan fingerprint density at radius 2 is 1.89 bits per heavy atom. The topological polar surface area (TPSA) is 122 Å². The van der Waals surface area contributed by atoms with Gasteiger partial charge in [0.05, 0.1) is 39.5 Å². The van der Waals surface area contributed by atoms with Crippen LogP contribution in [0.1, 0.15) is 45.9 Å². The van der Waals surface area contributed by atoms with Gasteiger partial charge in [0.25, 0.3) is 0 Å². The molecule has 2 aromatic carbocycles. The normalized spacial score (nSPS) is 11.2. The van der Waals surface area contributed by atoms with E-state index in [1.165, 1.54) is 6.20 Å². The van der Waals surface area contributed by atoms with Crippen molar-refractivity contribution in [3.05, 3.63) is 92.9 Å². The molecule has 0 saturated heterocycles. The average molecular weight is 544 g/mol. The lowest BCUT2D eigenvalue weighted by molar-refractivity contribution is 0.0519. The van der Waals surface area contributed by atoms with E-state index >= 15 is 0 Å².